The van der Waals surface area contributed by atoms with Crippen LogP contribution in [-0.4, -0.2) is 29.2 Å². The summed E-state index contributed by atoms with van der Waals surface area (Å²) in [7, 11) is 0. The lowest BCUT2D eigenvalue weighted by Crippen LogP contribution is -2.39. The summed E-state index contributed by atoms with van der Waals surface area (Å²) in [6, 6.07) is 4.89. The predicted molar refractivity (Wildman–Crippen MR) is 105 cm³/mol. The zero-order valence-corrected chi connectivity index (χ0v) is 16.9. The molecule has 0 saturated heterocycles. The van der Waals surface area contributed by atoms with Gasteiger partial charge in [-0.2, -0.15) is 0 Å². The van der Waals surface area contributed by atoms with E-state index in [0.717, 1.165) is 44.1 Å². The molecule has 0 bridgehead atoms. The molecule has 1 fully saturated rings. The maximum absolute atomic E-state index is 13.4. The van der Waals surface area contributed by atoms with Gasteiger partial charge in [-0.15, -0.1) is 0 Å². The summed E-state index contributed by atoms with van der Waals surface area (Å²) in [5, 5.41) is 0.878. The number of amides is 1. The molecule has 1 amide bonds. The van der Waals surface area contributed by atoms with Crippen molar-refractivity contribution in [1.82, 2.24) is 4.90 Å². The Morgan fingerprint density at radius 3 is 2.67 bits per heavy atom. The molecule has 3 aliphatic rings. The highest BCUT2D eigenvalue weighted by molar-refractivity contribution is 6.42. The van der Waals surface area contributed by atoms with Crippen LogP contribution in [0.25, 0.3) is 0 Å². The maximum Gasteiger partial charge on any atom is 0.290 e. The van der Waals surface area contributed by atoms with Crippen molar-refractivity contribution < 1.29 is 14.3 Å². The first kappa shape index (κ1) is 18.8. The van der Waals surface area contributed by atoms with Crippen molar-refractivity contribution in [2.45, 2.75) is 57.6 Å². The first-order chi connectivity index (χ1) is 13.0. The molecule has 3 atom stereocenters. The Kier molecular flexibility index (Phi) is 5.21. The zero-order chi connectivity index (χ0) is 19.1. The third kappa shape index (κ3) is 3.17. The molecule has 0 aromatic heterocycles. The number of unbranched alkanes of at least 4 members (excludes halogenated alkanes) is 1. The number of fused-ring (bicyclic) bond motifs is 1. The Bertz CT molecular complexity index is 820. The molecule has 4 nitrogen and oxygen atoms in total. The molecule has 144 valence electrons. The Morgan fingerprint density at radius 2 is 1.93 bits per heavy atom. The highest BCUT2D eigenvalue weighted by atomic mass is 35.5. The molecule has 0 spiro atoms. The second kappa shape index (κ2) is 7.48. The van der Waals surface area contributed by atoms with E-state index in [9.17, 15) is 9.59 Å². The minimum atomic E-state index is -0.441. The van der Waals surface area contributed by atoms with Gasteiger partial charge in [-0.05, 0) is 43.4 Å². The van der Waals surface area contributed by atoms with Crippen molar-refractivity contribution in [3.05, 3.63) is 45.1 Å². The van der Waals surface area contributed by atoms with E-state index < -0.39 is 6.04 Å². The third-order valence-electron chi connectivity index (χ3n) is 5.87. The smallest absolute Gasteiger partial charge is 0.290 e. The van der Waals surface area contributed by atoms with Gasteiger partial charge in [-0.25, -0.2) is 0 Å². The van der Waals surface area contributed by atoms with Crippen LogP contribution in [0.2, 0.25) is 10.0 Å². The normalized spacial score (nSPS) is 27.5. The van der Waals surface area contributed by atoms with Crippen LogP contribution in [0.1, 0.15) is 57.1 Å². The average Bonchev–Trinajstić information content (AvgIpc) is 2.95. The molecular weight excluding hydrogens is 385 g/mol. The van der Waals surface area contributed by atoms with Crippen LogP contribution in [0, 0.1) is 5.92 Å². The Balaban J connectivity index is 1.79. The molecule has 1 aromatic carbocycles. The van der Waals surface area contributed by atoms with E-state index in [1.54, 1.807) is 17.0 Å². The fraction of sp³-hybridized carbons (Fsp3) is 0.524. The SMILES string of the molecule is CCCCN1C(=O)C2=C(C(=O)C3CCCCC3O2)C1c1ccc(Cl)c(Cl)c1. The monoisotopic (exact) mass is 407 g/mol. The first-order valence-electron chi connectivity index (χ1n) is 9.74. The molecule has 6 heteroatoms. The van der Waals surface area contributed by atoms with Crippen molar-refractivity contribution in [1.29, 1.82) is 0 Å². The molecule has 1 saturated carbocycles. The fourth-order valence-electron chi connectivity index (χ4n) is 4.48. The zero-order valence-electron chi connectivity index (χ0n) is 15.3. The summed E-state index contributed by atoms with van der Waals surface area (Å²) < 4.78 is 6.12. The number of hydrogen-bond donors (Lipinski definition) is 0. The first-order valence-corrected chi connectivity index (χ1v) is 10.5. The largest absolute Gasteiger partial charge is 0.483 e. The molecule has 4 rings (SSSR count). The van der Waals surface area contributed by atoms with Crippen molar-refractivity contribution in [3.63, 3.8) is 0 Å². The van der Waals surface area contributed by atoms with E-state index >= 15 is 0 Å². The number of carbonyl (C=O) groups is 2. The van der Waals surface area contributed by atoms with Crippen LogP contribution >= 0.6 is 23.2 Å². The van der Waals surface area contributed by atoms with Crippen molar-refractivity contribution >= 4 is 34.9 Å². The summed E-state index contributed by atoms with van der Waals surface area (Å²) in [5.74, 6) is 0.0216. The van der Waals surface area contributed by atoms with Crippen LogP contribution in [0.3, 0.4) is 0 Å². The van der Waals surface area contributed by atoms with Gasteiger partial charge < -0.3 is 9.64 Å². The lowest BCUT2D eigenvalue weighted by molar-refractivity contribution is -0.135. The number of benzene rings is 1. The summed E-state index contributed by atoms with van der Waals surface area (Å²) in [6.45, 7) is 2.66. The van der Waals surface area contributed by atoms with Crippen LogP contribution in [0.4, 0.5) is 0 Å². The number of halogens is 2. The fourth-order valence-corrected chi connectivity index (χ4v) is 4.79. The molecular formula is C21H23Cl2NO3. The number of rotatable bonds is 4. The molecule has 0 N–H and O–H groups in total. The topological polar surface area (TPSA) is 46.6 Å². The van der Waals surface area contributed by atoms with Gasteiger partial charge in [-0.1, -0.05) is 49.0 Å². The number of Topliss-reactive ketones (excluding diaryl/α,β-unsaturated/α-hetero) is 1. The maximum atomic E-state index is 13.4. The second-order valence-corrected chi connectivity index (χ2v) is 8.40. The molecule has 3 unspecified atom stereocenters. The van der Waals surface area contributed by atoms with Gasteiger partial charge in [0.15, 0.2) is 11.5 Å². The summed E-state index contributed by atoms with van der Waals surface area (Å²) in [5.41, 5.74) is 1.32. The minimum Gasteiger partial charge on any atom is -0.483 e. The van der Waals surface area contributed by atoms with E-state index in [-0.39, 0.29) is 29.5 Å². The van der Waals surface area contributed by atoms with Crippen molar-refractivity contribution in [2.24, 2.45) is 5.92 Å². The van der Waals surface area contributed by atoms with Gasteiger partial charge in [0.25, 0.3) is 5.91 Å². The van der Waals surface area contributed by atoms with Crippen LogP contribution < -0.4 is 0 Å². The Labute approximate surface area is 169 Å². The van der Waals surface area contributed by atoms with Crippen LogP contribution in [-0.2, 0) is 14.3 Å². The molecule has 1 aromatic rings. The van der Waals surface area contributed by atoms with Gasteiger partial charge in [0.1, 0.15) is 6.10 Å². The Morgan fingerprint density at radius 1 is 1.15 bits per heavy atom. The number of nitrogens with zero attached hydrogens (tertiary/aromatic N) is 1. The van der Waals surface area contributed by atoms with Gasteiger partial charge in [0.2, 0.25) is 0 Å². The second-order valence-electron chi connectivity index (χ2n) is 7.58. The molecule has 2 aliphatic heterocycles. The molecule has 2 heterocycles. The standard InChI is InChI=1S/C21H23Cl2NO3/c1-2-3-10-24-18(12-8-9-14(22)15(23)11-12)17-19(25)13-6-4-5-7-16(13)27-20(17)21(24)26/h8-9,11,13,16,18H,2-7,10H2,1H3. The van der Waals surface area contributed by atoms with E-state index in [2.05, 4.69) is 6.92 Å². The third-order valence-corrected chi connectivity index (χ3v) is 6.61. The van der Waals surface area contributed by atoms with E-state index in [1.165, 1.54) is 0 Å². The highest BCUT2D eigenvalue weighted by Gasteiger charge is 2.51. The van der Waals surface area contributed by atoms with E-state index in [0.29, 0.717) is 22.2 Å². The lowest BCUT2D eigenvalue weighted by atomic mass is 9.77. The quantitative estimate of drug-likeness (QED) is 0.697. The van der Waals surface area contributed by atoms with Crippen molar-refractivity contribution in [2.75, 3.05) is 6.54 Å². The number of hydrogen-bond acceptors (Lipinski definition) is 3. The van der Waals surface area contributed by atoms with Gasteiger partial charge in [-0.3, -0.25) is 9.59 Å². The predicted octanol–water partition coefficient (Wildman–Crippen LogP) is 5.09. The average molecular weight is 408 g/mol. The molecule has 1 aliphatic carbocycles. The van der Waals surface area contributed by atoms with E-state index in [4.69, 9.17) is 27.9 Å². The summed E-state index contributed by atoms with van der Waals surface area (Å²) in [4.78, 5) is 28.3. The number of carbonyl (C=O) groups excluding carboxylic acids is 2. The molecule has 27 heavy (non-hydrogen) atoms. The lowest BCUT2D eigenvalue weighted by Gasteiger charge is -2.35. The van der Waals surface area contributed by atoms with Crippen molar-refractivity contribution in [3.8, 4) is 0 Å². The van der Waals surface area contributed by atoms with Crippen LogP contribution in [0.5, 0.6) is 0 Å². The summed E-state index contributed by atoms with van der Waals surface area (Å²) in [6.07, 6.45) is 5.41. The number of ether oxygens (including phenoxy) is 1. The van der Waals surface area contributed by atoms with Gasteiger partial charge >= 0.3 is 0 Å². The Hall–Kier alpha value is -1.52. The van der Waals surface area contributed by atoms with E-state index in [1.807, 2.05) is 6.07 Å². The minimum absolute atomic E-state index is 0.0735. The van der Waals surface area contributed by atoms with Gasteiger partial charge in [0.05, 0.1) is 27.6 Å². The molecule has 0 radical (unpaired) electrons. The highest BCUT2D eigenvalue weighted by Crippen LogP contribution is 2.47. The van der Waals surface area contributed by atoms with Crippen LogP contribution in [0.15, 0.2) is 29.5 Å². The van der Waals surface area contributed by atoms with Gasteiger partial charge in [0, 0.05) is 6.54 Å². The number of ketones is 1. The summed E-state index contributed by atoms with van der Waals surface area (Å²) >= 11 is 12.3.